The molecule has 9 nitrogen and oxygen atoms in total. The number of pyridine rings is 1. The van der Waals surface area contributed by atoms with Crippen LogP contribution in [0, 0.1) is 17.2 Å². The number of aromatic nitrogens is 1. The second kappa shape index (κ2) is 9.48. The third-order valence-electron chi connectivity index (χ3n) is 6.32. The van der Waals surface area contributed by atoms with Crippen molar-refractivity contribution in [2.75, 3.05) is 37.6 Å². The minimum atomic E-state index is -3.54. The number of benzene rings is 1. The molecule has 2 aromatic rings. The third-order valence-corrected chi connectivity index (χ3v) is 8.20. The number of carbonyl (C=O) groups is 1. The van der Waals surface area contributed by atoms with Gasteiger partial charge in [-0.05, 0) is 48.9 Å². The van der Waals surface area contributed by atoms with Crippen molar-refractivity contribution >= 4 is 27.6 Å². The number of hydrogen-bond acceptors (Lipinski definition) is 5. The fourth-order valence-corrected chi connectivity index (χ4v) is 6.01. The second-order valence-electron chi connectivity index (χ2n) is 8.90. The normalized spacial score (nSPS) is 20.8. The Bertz CT molecular complexity index is 1120. The molecule has 0 radical (unpaired) electrons. The van der Waals surface area contributed by atoms with Crippen LogP contribution in [0.5, 0.6) is 0 Å². The Hall–Kier alpha value is -2.98. The molecule has 10 heteroatoms. The average molecular weight is 471 g/mol. The lowest BCUT2D eigenvalue weighted by molar-refractivity contribution is 0.154. The number of urea groups is 1. The summed E-state index contributed by atoms with van der Waals surface area (Å²) in [5, 5.41) is 7.67. The number of piperidine rings is 1. The molecule has 4 rings (SSSR count). The van der Waals surface area contributed by atoms with Crippen LogP contribution in [0.15, 0.2) is 53.7 Å². The van der Waals surface area contributed by atoms with Crippen LogP contribution >= 0.6 is 0 Å². The van der Waals surface area contributed by atoms with Crippen molar-refractivity contribution in [3.63, 3.8) is 0 Å². The minimum Gasteiger partial charge on any atom is -0.384 e. The number of nitrogens with two attached hydrogens (primary N) is 1. The molecule has 0 bridgehead atoms. The van der Waals surface area contributed by atoms with Crippen LogP contribution in [0.1, 0.15) is 25.3 Å². The fraction of sp³-hybridized carbons (Fsp3) is 0.435. The molecule has 2 amide bonds. The second-order valence-corrected chi connectivity index (χ2v) is 10.8. The lowest BCUT2D eigenvalue weighted by Gasteiger charge is -2.41. The average Bonchev–Trinajstić information content (AvgIpc) is 2.82. The highest BCUT2D eigenvalue weighted by molar-refractivity contribution is 7.89. The Morgan fingerprint density at radius 1 is 1.18 bits per heavy atom. The number of hydrogen-bond donors (Lipinski definition) is 2. The predicted molar refractivity (Wildman–Crippen MR) is 127 cm³/mol. The van der Waals surface area contributed by atoms with E-state index in [9.17, 15) is 13.2 Å². The number of carbonyl (C=O) groups excluding carboxylic acids is 1. The van der Waals surface area contributed by atoms with E-state index >= 15 is 0 Å². The van der Waals surface area contributed by atoms with Crippen LogP contribution in [0.4, 0.5) is 10.5 Å². The summed E-state index contributed by atoms with van der Waals surface area (Å²) in [5.41, 5.74) is 6.95. The number of amides is 2. The van der Waals surface area contributed by atoms with Gasteiger partial charge in [-0.1, -0.05) is 19.1 Å². The number of nitrogens with zero attached hydrogens (tertiary/aromatic N) is 4. The summed E-state index contributed by atoms with van der Waals surface area (Å²) < 4.78 is 27.2. The maximum absolute atomic E-state index is 13.3. The minimum absolute atomic E-state index is 0.0285. The van der Waals surface area contributed by atoms with Crippen molar-refractivity contribution in [3.8, 4) is 0 Å². The van der Waals surface area contributed by atoms with Crippen LogP contribution in [0.25, 0.3) is 0 Å². The van der Waals surface area contributed by atoms with Crippen LogP contribution in [0.2, 0.25) is 0 Å². The summed E-state index contributed by atoms with van der Waals surface area (Å²) in [6, 6.07) is 10.3. The van der Waals surface area contributed by atoms with Crippen molar-refractivity contribution in [2.24, 2.45) is 17.6 Å². The van der Waals surface area contributed by atoms with E-state index < -0.39 is 10.0 Å². The van der Waals surface area contributed by atoms with Crippen molar-refractivity contribution < 1.29 is 13.2 Å². The van der Waals surface area contributed by atoms with E-state index in [1.165, 1.54) is 10.5 Å². The molecule has 2 aliphatic rings. The Morgan fingerprint density at radius 3 is 2.61 bits per heavy atom. The molecule has 2 saturated heterocycles. The first-order valence-corrected chi connectivity index (χ1v) is 12.6. The van der Waals surface area contributed by atoms with E-state index in [2.05, 4.69) is 11.9 Å². The van der Waals surface area contributed by atoms with Gasteiger partial charge in [0.25, 0.3) is 0 Å². The number of anilines is 1. The van der Waals surface area contributed by atoms with Gasteiger partial charge >= 0.3 is 6.03 Å². The van der Waals surface area contributed by atoms with Gasteiger partial charge in [0.2, 0.25) is 10.0 Å². The lowest BCUT2D eigenvalue weighted by atomic mass is 9.96. The monoisotopic (exact) mass is 470 g/mol. The molecule has 2 aliphatic heterocycles. The van der Waals surface area contributed by atoms with E-state index in [0.29, 0.717) is 51.1 Å². The van der Waals surface area contributed by atoms with Gasteiger partial charge in [-0.2, -0.15) is 4.31 Å². The highest BCUT2D eigenvalue weighted by Crippen LogP contribution is 2.28. The first-order chi connectivity index (χ1) is 15.8. The Balaban J connectivity index is 1.41. The molecule has 1 aromatic carbocycles. The summed E-state index contributed by atoms with van der Waals surface area (Å²) in [4.78, 5) is 21.1. The standard InChI is InChI=1S/C23H30N6O3S/c1-17-14-27(23(30)29(15-17)20-5-2-4-19(12-20)22(24)25)16-18-7-10-28(11-8-18)33(31,32)21-6-3-9-26-13-21/h2-6,9,12-13,17-18H,7-8,10-11,14-16H2,1H3,(H3,24,25). The van der Waals surface area contributed by atoms with Gasteiger partial charge in [0.1, 0.15) is 10.7 Å². The number of sulfonamides is 1. The maximum atomic E-state index is 13.3. The van der Waals surface area contributed by atoms with E-state index in [0.717, 1.165) is 5.69 Å². The van der Waals surface area contributed by atoms with Gasteiger partial charge in [-0.3, -0.25) is 15.3 Å². The van der Waals surface area contributed by atoms with Crippen LogP contribution in [-0.2, 0) is 10.0 Å². The molecule has 1 atom stereocenters. The summed E-state index contributed by atoms with van der Waals surface area (Å²) in [6.07, 6.45) is 4.35. The van der Waals surface area contributed by atoms with Gasteiger partial charge in [-0.15, -0.1) is 0 Å². The summed E-state index contributed by atoms with van der Waals surface area (Å²) >= 11 is 0. The Morgan fingerprint density at radius 2 is 1.94 bits per heavy atom. The van der Waals surface area contributed by atoms with Gasteiger partial charge in [0.05, 0.1) is 0 Å². The molecule has 0 spiro atoms. The summed E-state index contributed by atoms with van der Waals surface area (Å²) in [7, 11) is -3.54. The van der Waals surface area contributed by atoms with Crippen LogP contribution < -0.4 is 10.6 Å². The molecule has 3 N–H and O–H groups in total. The maximum Gasteiger partial charge on any atom is 0.324 e. The van der Waals surface area contributed by atoms with E-state index in [-0.39, 0.29) is 28.6 Å². The van der Waals surface area contributed by atoms with Gasteiger partial charge in [-0.25, -0.2) is 13.2 Å². The third kappa shape index (κ3) is 5.01. The molecule has 3 heterocycles. The molecular weight excluding hydrogens is 440 g/mol. The van der Waals surface area contributed by atoms with Gasteiger partial charge in [0, 0.05) is 56.4 Å². The molecule has 1 unspecified atom stereocenters. The van der Waals surface area contributed by atoms with Crippen molar-refractivity contribution in [3.05, 3.63) is 54.4 Å². The quantitative estimate of drug-likeness (QED) is 0.495. The van der Waals surface area contributed by atoms with Crippen molar-refractivity contribution in [1.29, 1.82) is 5.41 Å². The van der Waals surface area contributed by atoms with Gasteiger partial charge < -0.3 is 10.6 Å². The van der Waals surface area contributed by atoms with Crippen LogP contribution in [-0.4, -0.2) is 67.2 Å². The number of nitrogen functional groups attached to an aromatic ring is 1. The molecular formula is C23H30N6O3S. The van der Waals surface area contributed by atoms with Crippen LogP contribution in [0.3, 0.4) is 0 Å². The molecule has 1 aromatic heterocycles. The van der Waals surface area contributed by atoms with E-state index in [1.807, 2.05) is 11.0 Å². The van der Waals surface area contributed by atoms with E-state index in [4.69, 9.17) is 11.1 Å². The fourth-order valence-electron chi connectivity index (χ4n) is 4.57. The number of nitrogens with one attached hydrogen (secondary N) is 1. The lowest BCUT2D eigenvalue weighted by Crippen LogP contribution is -2.55. The SMILES string of the molecule is CC1CN(CC2CCN(S(=O)(=O)c3cccnc3)CC2)C(=O)N(c2cccc(C(=N)N)c2)C1. The Kier molecular flexibility index (Phi) is 6.66. The molecule has 2 fully saturated rings. The highest BCUT2D eigenvalue weighted by atomic mass is 32.2. The molecule has 176 valence electrons. The zero-order valence-electron chi connectivity index (χ0n) is 18.7. The van der Waals surface area contributed by atoms with Gasteiger partial charge in [0.15, 0.2) is 0 Å². The number of amidine groups is 1. The predicted octanol–water partition coefficient (Wildman–Crippen LogP) is 2.34. The summed E-state index contributed by atoms with van der Waals surface area (Å²) in [6.45, 7) is 4.87. The first-order valence-electron chi connectivity index (χ1n) is 11.2. The smallest absolute Gasteiger partial charge is 0.324 e. The zero-order chi connectivity index (χ0) is 23.6. The molecule has 0 aliphatic carbocycles. The largest absolute Gasteiger partial charge is 0.384 e. The Labute approximate surface area is 194 Å². The van der Waals surface area contributed by atoms with E-state index in [1.54, 1.807) is 41.4 Å². The number of rotatable bonds is 6. The van der Waals surface area contributed by atoms with Crippen molar-refractivity contribution in [1.82, 2.24) is 14.2 Å². The topological polar surface area (TPSA) is 124 Å². The van der Waals surface area contributed by atoms with Crippen molar-refractivity contribution in [2.45, 2.75) is 24.7 Å². The first kappa shape index (κ1) is 23.2. The highest BCUT2D eigenvalue weighted by Gasteiger charge is 2.35. The summed E-state index contributed by atoms with van der Waals surface area (Å²) in [5.74, 6) is 0.499. The molecule has 0 saturated carbocycles. The molecule has 33 heavy (non-hydrogen) atoms. The zero-order valence-corrected chi connectivity index (χ0v) is 19.5.